The first-order valence-electron chi connectivity index (χ1n) is 8.08. The van der Waals surface area contributed by atoms with Crippen LogP contribution < -0.4 is 11.5 Å². The molecular formula is C19H20N2O4. The van der Waals surface area contributed by atoms with Gasteiger partial charge in [0, 0.05) is 5.92 Å². The number of esters is 1. The number of rotatable bonds is 6. The number of carbonyl (C=O) groups is 2. The van der Waals surface area contributed by atoms with Gasteiger partial charge in [-0.3, -0.25) is 9.59 Å². The monoisotopic (exact) mass is 340 g/mol. The van der Waals surface area contributed by atoms with Crippen LogP contribution in [-0.2, 0) is 14.3 Å². The first-order valence-corrected chi connectivity index (χ1v) is 8.08. The molecule has 2 unspecified atom stereocenters. The van der Waals surface area contributed by atoms with Gasteiger partial charge < -0.3 is 21.3 Å². The van der Waals surface area contributed by atoms with Crippen molar-refractivity contribution in [2.75, 3.05) is 6.61 Å². The molecule has 5 N–H and O–H groups in total. The first-order chi connectivity index (χ1) is 12.0. The molecule has 0 heterocycles. The molecular weight excluding hydrogens is 320 g/mol. The summed E-state index contributed by atoms with van der Waals surface area (Å²) in [4.78, 5) is 22.9. The lowest BCUT2D eigenvalue weighted by Gasteiger charge is -2.17. The lowest BCUT2D eigenvalue weighted by atomic mass is 9.98. The summed E-state index contributed by atoms with van der Waals surface area (Å²) in [5.41, 5.74) is 15.6. The molecule has 1 aliphatic rings. The van der Waals surface area contributed by atoms with E-state index in [0.29, 0.717) is 0 Å². The number of hydrogen-bond acceptors (Lipinski definition) is 5. The number of ether oxygens (including phenoxy) is 1. The molecule has 0 amide bonds. The van der Waals surface area contributed by atoms with Gasteiger partial charge in [0.1, 0.15) is 18.7 Å². The van der Waals surface area contributed by atoms with E-state index in [4.69, 9.17) is 21.3 Å². The smallest absolute Gasteiger partial charge is 0.323 e. The van der Waals surface area contributed by atoms with Gasteiger partial charge in [-0.15, -0.1) is 0 Å². The Hall–Kier alpha value is -2.70. The van der Waals surface area contributed by atoms with Crippen LogP contribution in [0.5, 0.6) is 0 Å². The zero-order valence-corrected chi connectivity index (χ0v) is 13.6. The maximum absolute atomic E-state index is 12.1. The Morgan fingerprint density at radius 1 is 0.960 bits per heavy atom. The van der Waals surface area contributed by atoms with Crippen molar-refractivity contribution in [1.29, 1.82) is 0 Å². The highest BCUT2D eigenvalue weighted by atomic mass is 16.5. The molecule has 0 fully saturated rings. The van der Waals surface area contributed by atoms with Gasteiger partial charge in [0.15, 0.2) is 0 Å². The van der Waals surface area contributed by atoms with Crippen LogP contribution in [0.1, 0.15) is 23.5 Å². The summed E-state index contributed by atoms with van der Waals surface area (Å²) in [5, 5.41) is 8.80. The minimum atomic E-state index is -1.19. The van der Waals surface area contributed by atoms with Crippen LogP contribution in [0.4, 0.5) is 0 Å². The van der Waals surface area contributed by atoms with Gasteiger partial charge >= 0.3 is 11.9 Å². The normalized spacial score (nSPS) is 15.1. The first kappa shape index (κ1) is 17.1. The average molecular weight is 340 g/mol. The van der Waals surface area contributed by atoms with Crippen molar-refractivity contribution in [3.8, 4) is 11.1 Å². The Morgan fingerprint density at radius 3 is 2.00 bits per heavy atom. The van der Waals surface area contributed by atoms with E-state index in [1.54, 1.807) is 0 Å². The number of benzene rings is 2. The van der Waals surface area contributed by atoms with Crippen LogP contribution in [0.2, 0.25) is 0 Å². The topological polar surface area (TPSA) is 116 Å². The van der Waals surface area contributed by atoms with Crippen molar-refractivity contribution in [3.63, 3.8) is 0 Å². The van der Waals surface area contributed by atoms with E-state index in [-0.39, 0.29) is 18.9 Å². The number of hydrogen-bond donors (Lipinski definition) is 3. The Bertz CT molecular complexity index is 760. The number of carboxylic acid groups (broad SMARTS) is 1. The third-order valence-electron chi connectivity index (χ3n) is 4.48. The van der Waals surface area contributed by atoms with E-state index >= 15 is 0 Å². The predicted molar refractivity (Wildman–Crippen MR) is 92.9 cm³/mol. The lowest BCUT2D eigenvalue weighted by Crippen LogP contribution is -2.42. The molecule has 0 saturated carbocycles. The second kappa shape index (κ2) is 7.04. The van der Waals surface area contributed by atoms with Crippen LogP contribution >= 0.6 is 0 Å². The Labute approximate surface area is 145 Å². The van der Waals surface area contributed by atoms with Crippen LogP contribution in [0.15, 0.2) is 48.5 Å². The molecule has 6 nitrogen and oxygen atoms in total. The third kappa shape index (κ3) is 3.40. The van der Waals surface area contributed by atoms with E-state index in [2.05, 4.69) is 0 Å². The zero-order chi connectivity index (χ0) is 18.0. The van der Waals surface area contributed by atoms with Gasteiger partial charge in [0.2, 0.25) is 0 Å². The average Bonchev–Trinajstić information content (AvgIpc) is 2.93. The Morgan fingerprint density at radius 2 is 1.48 bits per heavy atom. The lowest BCUT2D eigenvalue weighted by molar-refractivity contribution is -0.146. The summed E-state index contributed by atoms with van der Waals surface area (Å²) >= 11 is 0. The molecule has 1 aliphatic carbocycles. The summed E-state index contributed by atoms with van der Waals surface area (Å²) in [5.74, 6) is -1.89. The van der Waals surface area contributed by atoms with E-state index in [1.807, 2.05) is 48.5 Å². The van der Waals surface area contributed by atoms with E-state index in [0.717, 1.165) is 22.3 Å². The van der Waals surface area contributed by atoms with Crippen molar-refractivity contribution < 1.29 is 19.4 Å². The molecule has 6 heteroatoms. The number of fused-ring (bicyclic) bond motifs is 3. The molecule has 0 saturated heterocycles. The van der Waals surface area contributed by atoms with Crippen LogP contribution in [0.3, 0.4) is 0 Å². The third-order valence-corrected chi connectivity index (χ3v) is 4.48. The summed E-state index contributed by atoms with van der Waals surface area (Å²) in [6.45, 7) is 0.156. The van der Waals surface area contributed by atoms with Crippen LogP contribution in [0, 0.1) is 0 Å². The quantitative estimate of drug-likeness (QED) is 0.686. The number of aliphatic carboxylic acids is 1. The van der Waals surface area contributed by atoms with Gasteiger partial charge in [-0.2, -0.15) is 0 Å². The van der Waals surface area contributed by atoms with E-state index < -0.39 is 24.0 Å². The molecule has 3 rings (SSSR count). The van der Waals surface area contributed by atoms with Crippen molar-refractivity contribution in [1.82, 2.24) is 0 Å². The van der Waals surface area contributed by atoms with Crippen molar-refractivity contribution in [3.05, 3.63) is 59.7 Å². The van der Waals surface area contributed by atoms with E-state index in [1.165, 1.54) is 0 Å². The van der Waals surface area contributed by atoms with Gasteiger partial charge in [-0.25, -0.2) is 0 Å². The van der Waals surface area contributed by atoms with Crippen molar-refractivity contribution in [2.24, 2.45) is 11.5 Å². The molecule has 0 radical (unpaired) electrons. The van der Waals surface area contributed by atoms with Gasteiger partial charge in [-0.1, -0.05) is 48.5 Å². The van der Waals surface area contributed by atoms with Gasteiger partial charge in [0.25, 0.3) is 0 Å². The fraction of sp³-hybridized carbons (Fsp3) is 0.263. The number of nitrogens with two attached hydrogens (primary N) is 2. The molecule has 2 aromatic rings. The summed E-state index contributed by atoms with van der Waals surface area (Å²) < 4.78 is 5.37. The molecule has 2 atom stereocenters. The fourth-order valence-electron chi connectivity index (χ4n) is 3.18. The molecule has 130 valence electrons. The Balaban J connectivity index is 1.71. The highest BCUT2D eigenvalue weighted by Crippen LogP contribution is 2.44. The zero-order valence-electron chi connectivity index (χ0n) is 13.6. The molecule has 2 aromatic carbocycles. The van der Waals surface area contributed by atoms with Gasteiger partial charge in [0.05, 0.1) is 0 Å². The standard InChI is InChI=1S/C19H20N2O4/c20-16(18(22)23)9-17(21)19(24)25-10-15-13-7-3-1-5-11(13)12-6-2-4-8-14(12)15/h1-8,15-17H,9-10,20-21H2,(H,22,23). The SMILES string of the molecule is NC(CC(N)C(=O)OCC1c2ccccc2-c2ccccc21)C(=O)O. The second-order valence-electron chi connectivity index (χ2n) is 6.14. The minimum absolute atomic E-state index is 0.0586. The summed E-state index contributed by atoms with van der Waals surface area (Å²) in [7, 11) is 0. The maximum Gasteiger partial charge on any atom is 0.323 e. The number of carboxylic acids is 1. The minimum Gasteiger partial charge on any atom is -0.480 e. The van der Waals surface area contributed by atoms with Crippen molar-refractivity contribution >= 4 is 11.9 Å². The molecule has 0 spiro atoms. The molecule has 0 bridgehead atoms. The van der Waals surface area contributed by atoms with Crippen LogP contribution in [0.25, 0.3) is 11.1 Å². The van der Waals surface area contributed by atoms with E-state index in [9.17, 15) is 9.59 Å². The van der Waals surface area contributed by atoms with Crippen LogP contribution in [-0.4, -0.2) is 35.7 Å². The largest absolute Gasteiger partial charge is 0.480 e. The molecule has 25 heavy (non-hydrogen) atoms. The molecule has 0 aromatic heterocycles. The second-order valence-corrected chi connectivity index (χ2v) is 6.14. The summed E-state index contributed by atoms with van der Waals surface area (Å²) in [6, 6.07) is 13.8. The predicted octanol–water partition coefficient (Wildman–Crippen LogP) is 1.47. The number of carbonyl (C=O) groups excluding carboxylic acids is 1. The van der Waals surface area contributed by atoms with Gasteiger partial charge in [-0.05, 0) is 28.7 Å². The van der Waals surface area contributed by atoms with Crippen molar-refractivity contribution in [2.45, 2.75) is 24.4 Å². The highest BCUT2D eigenvalue weighted by molar-refractivity contribution is 5.80. The molecule has 0 aliphatic heterocycles. The maximum atomic E-state index is 12.1. The Kier molecular flexibility index (Phi) is 4.83. The summed E-state index contributed by atoms with van der Waals surface area (Å²) in [6.07, 6.45) is -0.161. The highest BCUT2D eigenvalue weighted by Gasteiger charge is 2.30. The fourth-order valence-corrected chi connectivity index (χ4v) is 3.18.